The molecule has 0 spiro atoms. The lowest BCUT2D eigenvalue weighted by atomic mass is 9.84. The van der Waals surface area contributed by atoms with Crippen molar-refractivity contribution >= 4 is 29.4 Å². The molecule has 3 aliphatic rings. The molecular weight excluding hydrogens is 472 g/mol. The number of primary amides is 1. The number of carbonyl (C=O) groups is 4. The van der Waals surface area contributed by atoms with Crippen LogP contribution >= 0.6 is 0 Å². The van der Waals surface area contributed by atoms with Crippen LogP contribution in [0.5, 0.6) is 0 Å². The molecular formula is C27H40N6O4. The van der Waals surface area contributed by atoms with E-state index in [1.165, 1.54) is 6.42 Å². The number of piperidine rings is 1. The van der Waals surface area contributed by atoms with Gasteiger partial charge in [0.05, 0.1) is 6.54 Å². The molecule has 2 heterocycles. The molecule has 1 aromatic rings. The van der Waals surface area contributed by atoms with Crippen molar-refractivity contribution in [3.63, 3.8) is 0 Å². The lowest BCUT2D eigenvalue weighted by molar-refractivity contribution is -0.147. The normalized spacial score (nSPS) is 22.2. The van der Waals surface area contributed by atoms with Crippen molar-refractivity contribution in [3.8, 4) is 0 Å². The van der Waals surface area contributed by atoms with E-state index in [-0.39, 0.29) is 30.9 Å². The Morgan fingerprint density at radius 2 is 1.68 bits per heavy atom. The van der Waals surface area contributed by atoms with Crippen molar-refractivity contribution in [3.05, 3.63) is 30.3 Å². The first-order valence-electron chi connectivity index (χ1n) is 13.6. The highest BCUT2D eigenvalue weighted by Crippen LogP contribution is 2.27. The summed E-state index contributed by atoms with van der Waals surface area (Å²) < 4.78 is 0. The molecule has 0 aromatic heterocycles. The molecule has 0 radical (unpaired) electrons. The summed E-state index contributed by atoms with van der Waals surface area (Å²) in [7, 11) is 0. The number of nitrogens with two attached hydrogens (primary N) is 1. The smallest absolute Gasteiger partial charge is 0.321 e. The predicted molar refractivity (Wildman–Crippen MR) is 140 cm³/mol. The number of nitrogens with zero attached hydrogens (tertiary/aromatic N) is 2. The molecule has 0 unspecified atom stereocenters. The van der Waals surface area contributed by atoms with Crippen LogP contribution in [0, 0.1) is 11.8 Å². The Balaban J connectivity index is 1.47. The number of anilines is 1. The van der Waals surface area contributed by atoms with Crippen molar-refractivity contribution in [2.24, 2.45) is 17.6 Å². The molecule has 37 heavy (non-hydrogen) atoms. The van der Waals surface area contributed by atoms with Gasteiger partial charge in [0.25, 0.3) is 0 Å². The average Bonchev–Trinajstić information content (AvgIpc) is 2.93. The summed E-state index contributed by atoms with van der Waals surface area (Å²) in [4.78, 5) is 55.5. The Hall–Kier alpha value is -3.14. The monoisotopic (exact) mass is 512 g/mol. The standard InChI is InChI=1S/C27H40N6O4/c28-24(34)22(17-19-7-3-1-4-8-19)31-25(35)23-18-32(27(37)30-21-9-5-2-6-10-21)15-16-33(23)26(36)20-11-13-29-14-12-20/h2,5-6,9-10,19-20,22-23,29H,1,3-4,7-8,11-18H2,(H2,28,34)(H,30,37)(H,31,35)/t22-,23-/m0/s1. The Morgan fingerprint density at radius 3 is 2.35 bits per heavy atom. The first-order valence-corrected chi connectivity index (χ1v) is 13.6. The molecule has 1 aliphatic carbocycles. The summed E-state index contributed by atoms with van der Waals surface area (Å²) in [5.41, 5.74) is 6.34. The van der Waals surface area contributed by atoms with Crippen LogP contribution in [0.2, 0.25) is 0 Å². The summed E-state index contributed by atoms with van der Waals surface area (Å²) in [6, 6.07) is 7.11. The van der Waals surface area contributed by atoms with Gasteiger partial charge in [-0.05, 0) is 50.4 Å². The largest absolute Gasteiger partial charge is 0.368 e. The third-order valence-corrected chi connectivity index (χ3v) is 7.92. The van der Waals surface area contributed by atoms with E-state index in [1.54, 1.807) is 21.9 Å². The summed E-state index contributed by atoms with van der Waals surface area (Å²) in [6.07, 6.45) is 7.43. The van der Waals surface area contributed by atoms with Gasteiger partial charge < -0.3 is 31.5 Å². The third-order valence-electron chi connectivity index (χ3n) is 7.92. The van der Waals surface area contributed by atoms with Gasteiger partial charge in [-0.15, -0.1) is 0 Å². The van der Waals surface area contributed by atoms with Gasteiger partial charge in [0.1, 0.15) is 12.1 Å². The van der Waals surface area contributed by atoms with Crippen LogP contribution in [-0.2, 0) is 14.4 Å². The second-order valence-electron chi connectivity index (χ2n) is 10.5. The van der Waals surface area contributed by atoms with Crippen LogP contribution in [0.4, 0.5) is 10.5 Å². The number of nitrogens with one attached hydrogen (secondary N) is 3. The highest BCUT2D eigenvalue weighted by Gasteiger charge is 2.40. The zero-order chi connectivity index (χ0) is 26.2. The minimum absolute atomic E-state index is 0.0517. The first-order chi connectivity index (χ1) is 17.9. The molecule has 5 N–H and O–H groups in total. The molecule has 2 atom stereocenters. The molecule has 3 fully saturated rings. The molecule has 10 nitrogen and oxygen atoms in total. The van der Waals surface area contributed by atoms with Crippen LogP contribution in [0.25, 0.3) is 0 Å². The topological polar surface area (TPSA) is 137 Å². The number of para-hydroxylation sites is 1. The number of amides is 5. The van der Waals surface area contributed by atoms with E-state index in [0.717, 1.165) is 38.8 Å². The fourth-order valence-corrected chi connectivity index (χ4v) is 5.75. The molecule has 0 bridgehead atoms. The molecule has 4 rings (SSSR count). The minimum Gasteiger partial charge on any atom is -0.368 e. The number of piperazine rings is 1. The van der Waals surface area contributed by atoms with Gasteiger partial charge in [0.15, 0.2) is 0 Å². The summed E-state index contributed by atoms with van der Waals surface area (Å²) >= 11 is 0. The van der Waals surface area contributed by atoms with E-state index in [9.17, 15) is 19.2 Å². The molecule has 2 aliphatic heterocycles. The second-order valence-corrected chi connectivity index (χ2v) is 10.5. The van der Waals surface area contributed by atoms with E-state index in [4.69, 9.17) is 5.73 Å². The fraction of sp³-hybridized carbons (Fsp3) is 0.630. The van der Waals surface area contributed by atoms with Gasteiger partial charge in [-0.1, -0.05) is 50.3 Å². The van der Waals surface area contributed by atoms with E-state index in [2.05, 4.69) is 16.0 Å². The molecule has 1 saturated carbocycles. The van der Waals surface area contributed by atoms with Crippen LogP contribution in [0.3, 0.4) is 0 Å². The number of hydrogen-bond acceptors (Lipinski definition) is 5. The van der Waals surface area contributed by atoms with Gasteiger partial charge in [-0.25, -0.2) is 4.79 Å². The lowest BCUT2D eigenvalue weighted by Gasteiger charge is -2.42. The number of urea groups is 1. The van der Waals surface area contributed by atoms with Gasteiger partial charge in [0, 0.05) is 24.7 Å². The van der Waals surface area contributed by atoms with Crippen molar-refractivity contribution in [2.75, 3.05) is 38.0 Å². The summed E-state index contributed by atoms with van der Waals surface area (Å²) in [6.45, 7) is 2.15. The van der Waals surface area contributed by atoms with Gasteiger partial charge in [0.2, 0.25) is 17.7 Å². The summed E-state index contributed by atoms with van der Waals surface area (Å²) in [5, 5.41) is 8.98. The maximum atomic E-state index is 13.6. The van der Waals surface area contributed by atoms with Crippen LogP contribution in [-0.4, -0.2) is 78.4 Å². The van der Waals surface area contributed by atoms with Gasteiger partial charge in [-0.2, -0.15) is 0 Å². The Labute approximate surface area is 218 Å². The lowest BCUT2D eigenvalue weighted by Crippen LogP contribution is -2.64. The zero-order valence-corrected chi connectivity index (χ0v) is 21.5. The van der Waals surface area contributed by atoms with Crippen LogP contribution in [0.15, 0.2) is 30.3 Å². The first kappa shape index (κ1) is 26.9. The van der Waals surface area contributed by atoms with Crippen molar-refractivity contribution in [1.82, 2.24) is 20.4 Å². The minimum atomic E-state index is -0.883. The third kappa shape index (κ3) is 7.21. The van der Waals surface area contributed by atoms with Crippen LogP contribution in [0.1, 0.15) is 51.4 Å². The predicted octanol–water partition coefficient (Wildman–Crippen LogP) is 1.67. The fourth-order valence-electron chi connectivity index (χ4n) is 5.75. The number of benzene rings is 1. The van der Waals surface area contributed by atoms with E-state index >= 15 is 0 Å². The van der Waals surface area contributed by atoms with E-state index < -0.39 is 23.9 Å². The Morgan fingerprint density at radius 1 is 0.973 bits per heavy atom. The SMILES string of the molecule is NC(=O)[C@H](CC1CCCCC1)NC(=O)[C@@H]1CN(C(=O)Nc2ccccc2)CCN1C(=O)C1CCNCC1. The maximum Gasteiger partial charge on any atom is 0.321 e. The average molecular weight is 513 g/mol. The molecule has 5 amide bonds. The Bertz CT molecular complexity index is 945. The van der Waals surface area contributed by atoms with Gasteiger partial charge in [-0.3, -0.25) is 14.4 Å². The maximum absolute atomic E-state index is 13.6. The molecule has 202 valence electrons. The quantitative estimate of drug-likeness (QED) is 0.441. The number of carbonyl (C=O) groups excluding carboxylic acids is 4. The Kier molecular flexibility index (Phi) is 9.38. The molecule has 1 aromatic carbocycles. The van der Waals surface area contributed by atoms with Crippen molar-refractivity contribution < 1.29 is 19.2 Å². The second kappa shape index (κ2) is 12.9. The van der Waals surface area contributed by atoms with Crippen molar-refractivity contribution in [1.29, 1.82) is 0 Å². The number of hydrogen-bond donors (Lipinski definition) is 4. The molecule has 10 heteroatoms. The highest BCUT2D eigenvalue weighted by atomic mass is 16.2. The van der Waals surface area contributed by atoms with Gasteiger partial charge >= 0.3 is 6.03 Å². The van der Waals surface area contributed by atoms with Crippen LogP contribution < -0.4 is 21.7 Å². The molecule has 2 saturated heterocycles. The summed E-state index contributed by atoms with van der Waals surface area (Å²) in [5.74, 6) is -0.870. The number of rotatable bonds is 7. The van der Waals surface area contributed by atoms with E-state index in [1.807, 2.05) is 18.2 Å². The van der Waals surface area contributed by atoms with Crippen molar-refractivity contribution in [2.45, 2.75) is 63.5 Å². The zero-order valence-electron chi connectivity index (χ0n) is 21.5. The highest BCUT2D eigenvalue weighted by molar-refractivity contribution is 5.94. The van der Waals surface area contributed by atoms with E-state index in [0.29, 0.717) is 37.4 Å².